The molecule has 1 atom stereocenters. The van der Waals surface area contributed by atoms with Crippen molar-refractivity contribution in [3.63, 3.8) is 0 Å². The number of rotatable bonds is 5. The summed E-state index contributed by atoms with van der Waals surface area (Å²) in [4.78, 5) is 10.8. The van der Waals surface area contributed by atoms with E-state index in [-0.39, 0.29) is 5.97 Å². The fourth-order valence-electron chi connectivity index (χ4n) is 0.720. The Morgan fingerprint density at radius 1 is 1.73 bits per heavy atom. The second-order valence-corrected chi connectivity index (χ2v) is 2.71. The zero-order valence-electron chi connectivity index (χ0n) is 7.30. The monoisotopic (exact) mass is 156 g/mol. The summed E-state index contributed by atoms with van der Waals surface area (Å²) in [5.74, 6) is 0.424. The average Bonchev–Trinajstić information content (AvgIpc) is 2.01. The molecule has 0 saturated carbocycles. The third kappa shape index (κ3) is 5.64. The molecule has 0 saturated heterocycles. The Morgan fingerprint density at radius 3 is 2.82 bits per heavy atom. The highest BCUT2D eigenvalue weighted by Gasteiger charge is 2.04. The van der Waals surface area contributed by atoms with Crippen LogP contribution in [0.5, 0.6) is 0 Å². The van der Waals surface area contributed by atoms with Crippen LogP contribution in [0.1, 0.15) is 33.1 Å². The standard InChI is InChI=1S/C9H16O2/c1-4-8(3)6-7-9(10)11-5-2/h5,8H,2,4,6-7H2,1,3H3. The van der Waals surface area contributed by atoms with Gasteiger partial charge in [0.15, 0.2) is 0 Å². The first-order chi connectivity index (χ1) is 5.20. The Bertz CT molecular complexity index is 130. The lowest BCUT2D eigenvalue weighted by Gasteiger charge is -2.05. The average molecular weight is 156 g/mol. The van der Waals surface area contributed by atoms with E-state index in [1.807, 2.05) is 0 Å². The van der Waals surface area contributed by atoms with Gasteiger partial charge >= 0.3 is 5.97 Å². The molecule has 0 spiro atoms. The van der Waals surface area contributed by atoms with E-state index < -0.39 is 0 Å². The van der Waals surface area contributed by atoms with Crippen LogP contribution in [0.25, 0.3) is 0 Å². The summed E-state index contributed by atoms with van der Waals surface area (Å²) in [6.45, 7) is 7.55. The molecular weight excluding hydrogens is 140 g/mol. The molecular formula is C9H16O2. The highest BCUT2D eigenvalue weighted by atomic mass is 16.5. The molecule has 1 unspecified atom stereocenters. The number of ether oxygens (including phenoxy) is 1. The maximum atomic E-state index is 10.8. The van der Waals surface area contributed by atoms with Crippen molar-refractivity contribution in [1.82, 2.24) is 0 Å². The molecule has 0 aliphatic rings. The van der Waals surface area contributed by atoms with Crippen LogP contribution < -0.4 is 0 Å². The van der Waals surface area contributed by atoms with E-state index in [0.29, 0.717) is 12.3 Å². The highest BCUT2D eigenvalue weighted by molar-refractivity contribution is 5.69. The van der Waals surface area contributed by atoms with Crippen LogP contribution in [0.15, 0.2) is 12.8 Å². The van der Waals surface area contributed by atoms with Crippen molar-refractivity contribution in [2.45, 2.75) is 33.1 Å². The van der Waals surface area contributed by atoms with Gasteiger partial charge in [0.05, 0.1) is 6.26 Å². The Morgan fingerprint density at radius 2 is 2.36 bits per heavy atom. The summed E-state index contributed by atoms with van der Waals surface area (Å²) in [5, 5.41) is 0. The van der Waals surface area contributed by atoms with Crippen molar-refractivity contribution in [3.8, 4) is 0 Å². The van der Waals surface area contributed by atoms with Gasteiger partial charge in [0.25, 0.3) is 0 Å². The quantitative estimate of drug-likeness (QED) is 0.451. The smallest absolute Gasteiger partial charge is 0.310 e. The summed E-state index contributed by atoms with van der Waals surface area (Å²) in [6.07, 6.45) is 3.70. The van der Waals surface area contributed by atoms with E-state index in [9.17, 15) is 4.79 Å². The Hall–Kier alpha value is -0.790. The third-order valence-corrected chi connectivity index (χ3v) is 1.75. The molecule has 0 fully saturated rings. The lowest BCUT2D eigenvalue weighted by Crippen LogP contribution is -2.02. The van der Waals surface area contributed by atoms with Crippen LogP contribution in [0.4, 0.5) is 0 Å². The maximum absolute atomic E-state index is 10.8. The molecule has 0 aromatic carbocycles. The SMILES string of the molecule is C=COC(=O)CCC(C)CC. The summed E-state index contributed by atoms with van der Waals surface area (Å²) in [7, 11) is 0. The molecule has 11 heavy (non-hydrogen) atoms. The zero-order chi connectivity index (χ0) is 8.69. The summed E-state index contributed by atoms with van der Waals surface area (Å²) < 4.78 is 4.56. The van der Waals surface area contributed by atoms with Crippen molar-refractivity contribution in [2.75, 3.05) is 0 Å². The van der Waals surface area contributed by atoms with Crippen molar-refractivity contribution in [2.24, 2.45) is 5.92 Å². The lowest BCUT2D eigenvalue weighted by atomic mass is 10.0. The van der Waals surface area contributed by atoms with Crippen LogP contribution in [0.2, 0.25) is 0 Å². The minimum atomic E-state index is -0.180. The molecule has 0 aromatic heterocycles. The first-order valence-corrected chi connectivity index (χ1v) is 4.01. The first-order valence-electron chi connectivity index (χ1n) is 4.01. The maximum Gasteiger partial charge on any atom is 0.310 e. The molecule has 0 heterocycles. The van der Waals surface area contributed by atoms with E-state index in [4.69, 9.17) is 0 Å². The Kier molecular flexibility index (Phi) is 5.53. The van der Waals surface area contributed by atoms with Gasteiger partial charge in [0.1, 0.15) is 0 Å². The molecule has 0 aliphatic heterocycles. The number of hydrogen-bond acceptors (Lipinski definition) is 2. The van der Waals surface area contributed by atoms with Gasteiger partial charge in [-0.15, -0.1) is 0 Å². The number of carbonyl (C=O) groups is 1. The molecule has 2 nitrogen and oxygen atoms in total. The normalized spacial score (nSPS) is 12.2. The topological polar surface area (TPSA) is 26.3 Å². The van der Waals surface area contributed by atoms with Gasteiger partial charge < -0.3 is 4.74 Å². The van der Waals surface area contributed by atoms with Crippen LogP contribution in [0, 0.1) is 5.92 Å². The van der Waals surface area contributed by atoms with Gasteiger partial charge in [0, 0.05) is 6.42 Å². The Balaban J connectivity index is 3.37. The molecule has 0 aromatic rings. The van der Waals surface area contributed by atoms with Gasteiger partial charge in [-0.3, -0.25) is 4.79 Å². The van der Waals surface area contributed by atoms with Crippen LogP contribution in [0.3, 0.4) is 0 Å². The van der Waals surface area contributed by atoms with E-state index in [0.717, 1.165) is 12.8 Å². The van der Waals surface area contributed by atoms with Crippen molar-refractivity contribution < 1.29 is 9.53 Å². The summed E-state index contributed by atoms with van der Waals surface area (Å²) in [6, 6.07) is 0. The number of esters is 1. The number of hydrogen-bond donors (Lipinski definition) is 0. The van der Waals surface area contributed by atoms with Gasteiger partial charge in [0.2, 0.25) is 0 Å². The summed E-state index contributed by atoms with van der Waals surface area (Å²) in [5.41, 5.74) is 0. The molecule has 0 aliphatic carbocycles. The highest BCUT2D eigenvalue weighted by Crippen LogP contribution is 2.09. The minimum absolute atomic E-state index is 0.180. The lowest BCUT2D eigenvalue weighted by molar-refractivity contribution is -0.138. The second-order valence-electron chi connectivity index (χ2n) is 2.71. The van der Waals surface area contributed by atoms with E-state index in [1.54, 1.807) is 0 Å². The largest absolute Gasteiger partial charge is 0.435 e. The van der Waals surface area contributed by atoms with E-state index >= 15 is 0 Å². The van der Waals surface area contributed by atoms with Gasteiger partial charge in [-0.1, -0.05) is 26.8 Å². The van der Waals surface area contributed by atoms with Gasteiger partial charge in [-0.05, 0) is 12.3 Å². The van der Waals surface area contributed by atoms with Gasteiger partial charge in [-0.2, -0.15) is 0 Å². The fourth-order valence-corrected chi connectivity index (χ4v) is 0.720. The molecule has 0 N–H and O–H groups in total. The fraction of sp³-hybridized carbons (Fsp3) is 0.667. The predicted octanol–water partition coefficient (Wildman–Crippen LogP) is 2.50. The molecule has 0 rings (SSSR count). The Labute approximate surface area is 68.2 Å². The van der Waals surface area contributed by atoms with E-state index in [1.165, 1.54) is 6.26 Å². The van der Waals surface area contributed by atoms with Crippen LogP contribution >= 0.6 is 0 Å². The zero-order valence-corrected chi connectivity index (χ0v) is 7.30. The number of carbonyl (C=O) groups excluding carboxylic acids is 1. The molecule has 0 amide bonds. The van der Waals surface area contributed by atoms with Crippen molar-refractivity contribution >= 4 is 5.97 Å². The van der Waals surface area contributed by atoms with E-state index in [2.05, 4.69) is 25.2 Å². The summed E-state index contributed by atoms with van der Waals surface area (Å²) >= 11 is 0. The van der Waals surface area contributed by atoms with Crippen molar-refractivity contribution in [1.29, 1.82) is 0 Å². The molecule has 0 bridgehead atoms. The van der Waals surface area contributed by atoms with Crippen LogP contribution in [-0.4, -0.2) is 5.97 Å². The minimum Gasteiger partial charge on any atom is -0.435 e. The predicted molar refractivity (Wildman–Crippen MR) is 45.0 cm³/mol. The van der Waals surface area contributed by atoms with Crippen molar-refractivity contribution in [3.05, 3.63) is 12.8 Å². The van der Waals surface area contributed by atoms with Crippen LogP contribution in [-0.2, 0) is 9.53 Å². The van der Waals surface area contributed by atoms with Gasteiger partial charge in [-0.25, -0.2) is 0 Å². The molecule has 2 heteroatoms. The third-order valence-electron chi connectivity index (χ3n) is 1.75. The molecule has 0 radical (unpaired) electrons. The molecule has 64 valence electrons. The second kappa shape index (κ2) is 5.96. The first kappa shape index (κ1) is 10.2.